The molecule has 2 rings (SSSR count). The Hall–Kier alpha value is -2.46. The van der Waals surface area contributed by atoms with Gasteiger partial charge < -0.3 is 5.11 Å². The van der Waals surface area contributed by atoms with E-state index >= 15 is 0 Å². The highest BCUT2D eigenvalue weighted by atomic mass is 32.1. The Bertz CT molecular complexity index is 817. The molecular formula is C17H18F3N3O3S. The number of amides is 2. The summed E-state index contributed by atoms with van der Waals surface area (Å²) in [4.78, 5) is 27.7. The molecule has 0 saturated carbocycles. The largest absolute Gasteiger partial charge is 0.417 e. The second-order valence-electron chi connectivity index (χ2n) is 6.04. The number of benzene rings is 1. The molecule has 1 aromatic carbocycles. The third-order valence-electron chi connectivity index (χ3n) is 3.78. The lowest BCUT2D eigenvalue weighted by Crippen LogP contribution is -2.49. The zero-order chi connectivity index (χ0) is 20.2. The number of aromatic nitrogens is 1. The number of thiazole rings is 1. The van der Waals surface area contributed by atoms with Crippen LogP contribution in [0.15, 0.2) is 29.6 Å². The van der Waals surface area contributed by atoms with E-state index in [0.29, 0.717) is 11.9 Å². The number of alkyl halides is 3. The number of nitrogens with one attached hydrogen (secondary N) is 2. The number of hydrogen-bond donors (Lipinski definition) is 3. The summed E-state index contributed by atoms with van der Waals surface area (Å²) in [5.41, 5.74) is 2.62. The fraction of sp³-hybridized carbons (Fsp3) is 0.353. The van der Waals surface area contributed by atoms with E-state index in [4.69, 9.17) is 0 Å². The van der Waals surface area contributed by atoms with Crippen LogP contribution < -0.4 is 10.9 Å². The van der Waals surface area contributed by atoms with E-state index in [-0.39, 0.29) is 5.69 Å². The molecule has 0 spiro atoms. The van der Waals surface area contributed by atoms with Crippen LogP contribution in [0.3, 0.4) is 0 Å². The van der Waals surface area contributed by atoms with Crippen molar-refractivity contribution in [3.8, 4) is 10.6 Å². The first-order valence-corrected chi connectivity index (χ1v) is 8.84. The van der Waals surface area contributed by atoms with Gasteiger partial charge in [-0.3, -0.25) is 20.4 Å². The van der Waals surface area contributed by atoms with E-state index in [9.17, 15) is 27.9 Å². The Labute approximate surface area is 157 Å². The molecule has 146 valence electrons. The number of nitrogens with zero attached hydrogens (tertiary/aromatic N) is 1. The van der Waals surface area contributed by atoms with Crippen molar-refractivity contribution in [3.63, 3.8) is 0 Å². The summed E-state index contributed by atoms with van der Waals surface area (Å²) in [6, 6.07) is 7.65. The minimum absolute atomic E-state index is 0.0115. The van der Waals surface area contributed by atoms with Crippen molar-refractivity contribution in [2.45, 2.75) is 38.5 Å². The SMILES string of the molecule is CCc1ccc(-c2nc(C(=O)NNC(=O)C[C@](C)(O)C(F)(F)F)cs2)cc1. The number of hydrazine groups is 1. The van der Waals surface area contributed by atoms with Crippen molar-refractivity contribution < 1.29 is 27.9 Å². The van der Waals surface area contributed by atoms with Gasteiger partial charge in [0.15, 0.2) is 5.60 Å². The molecule has 0 saturated heterocycles. The predicted molar refractivity (Wildman–Crippen MR) is 93.8 cm³/mol. The van der Waals surface area contributed by atoms with Crippen molar-refractivity contribution in [1.29, 1.82) is 0 Å². The van der Waals surface area contributed by atoms with Gasteiger partial charge in [0.2, 0.25) is 5.91 Å². The van der Waals surface area contributed by atoms with E-state index in [1.807, 2.05) is 42.0 Å². The molecule has 2 amide bonds. The molecule has 10 heteroatoms. The molecule has 27 heavy (non-hydrogen) atoms. The molecule has 0 radical (unpaired) electrons. The van der Waals surface area contributed by atoms with Gasteiger partial charge >= 0.3 is 6.18 Å². The van der Waals surface area contributed by atoms with Crippen molar-refractivity contribution >= 4 is 23.2 Å². The fourth-order valence-corrected chi connectivity index (χ4v) is 2.85. The van der Waals surface area contributed by atoms with Crippen molar-refractivity contribution in [2.75, 3.05) is 0 Å². The molecular weight excluding hydrogens is 383 g/mol. The van der Waals surface area contributed by atoms with Gasteiger partial charge in [0, 0.05) is 10.9 Å². The number of carbonyl (C=O) groups is 2. The highest BCUT2D eigenvalue weighted by molar-refractivity contribution is 7.13. The summed E-state index contributed by atoms with van der Waals surface area (Å²) in [5, 5.41) is 11.3. The number of rotatable bonds is 5. The molecule has 0 unspecified atom stereocenters. The highest BCUT2D eigenvalue weighted by Crippen LogP contribution is 2.32. The topological polar surface area (TPSA) is 91.3 Å². The highest BCUT2D eigenvalue weighted by Gasteiger charge is 2.51. The Balaban J connectivity index is 1.95. The van der Waals surface area contributed by atoms with Crippen LogP contribution in [0.25, 0.3) is 10.6 Å². The third kappa shape index (κ3) is 5.27. The summed E-state index contributed by atoms with van der Waals surface area (Å²) in [6.07, 6.45) is -5.32. The van der Waals surface area contributed by atoms with E-state index in [2.05, 4.69) is 4.98 Å². The van der Waals surface area contributed by atoms with Gasteiger partial charge in [0.05, 0.1) is 6.42 Å². The summed E-state index contributed by atoms with van der Waals surface area (Å²) >= 11 is 1.22. The molecule has 0 aliphatic heterocycles. The number of aryl methyl sites for hydroxylation is 1. The summed E-state index contributed by atoms with van der Waals surface area (Å²) in [5.74, 6) is -1.96. The third-order valence-corrected chi connectivity index (χ3v) is 4.67. The van der Waals surface area contributed by atoms with Crippen LogP contribution in [0.2, 0.25) is 0 Å². The van der Waals surface area contributed by atoms with Crippen LogP contribution in [-0.4, -0.2) is 33.7 Å². The Morgan fingerprint density at radius 2 is 1.81 bits per heavy atom. The maximum absolute atomic E-state index is 12.5. The minimum Gasteiger partial charge on any atom is -0.380 e. The molecule has 0 aliphatic carbocycles. The molecule has 1 heterocycles. The van der Waals surface area contributed by atoms with E-state index in [1.54, 1.807) is 0 Å². The van der Waals surface area contributed by atoms with Crippen LogP contribution in [-0.2, 0) is 11.2 Å². The lowest BCUT2D eigenvalue weighted by atomic mass is 10.0. The van der Waals surface area contributed by atoms with Gasteiger partial charge in [-0.25, -0.2) is 4.98 Å². The molecule has 0 fully saturated rings. The molecule has 1 atom stereocenters. The normalized spacial score (nSPS) is 13.7. The average Bonchev–Trinajstić information content (AvgIpc) is 3.08. The summed E-state index contributed by atoms with van der Waals surface area (Å²) in [6.45, 7) is 2.51. The lowest BCUT2D eigenvalue weighted by molar-refractivity contribution is -0.253. The van der Waals surface area contributed by atoms with Crippen molar-refractivity contribution in [1.82, 2.24) is 15.8 Å². The quantitative estimate of drug-likeness (QED) is 0.672. The second-order valence-corrected chi connectivity index (χ2v) is 6.90. The molecule has 0 bridgehead atoms. The lowest BCUT2D eigenvalue weighted by Gasteiger charge is -2.25. The van der Waals surface area contributed by atoms with E-state index in [0.717, 1.165) is 17.5 Å². The van der Waals surface area contributed by atoms with Gasteiger partial charge in [-0.1, -0.05) is 31.2 Å². The van der Waals surface area contributed by atoms with Gasteiger partial charge in [-0.15, -0.1) is 11.3 Å². The standard InChI is InChI=1S/C17H18F3N3O3S/c1-3-10-4-6-11(7-5-10)15-21-12(9-27-15)14(25)23-22-13(24)8-16(2,26)17(18,19)20/h4-7,9,26H,3,8H2,1-2H3,(H,22,24)(H,23,25)/t16-/m0/s1. The Morgan fingerprint density at radius 3 is 2.37 bits per heavy atom. The first kappa shape index (κ1) is 20.8. The Morgan fingerprint density at radius 1 is 1.19 bits per heavy atom. The van der Waals surface area contributed by atoms with Gasteiger partial charge in [0.1, 0.15) is 10.7 Å². The molecule has 2 aromatic rings. The number of halogens is 3. The first-order chi connectivity index (χ1) is 12.5. The zero-order valence-electron chi connectivity index (χ0n) is 14.6. The van der Waals surface area contributed by atoms with Crippen LogP contribution in [0, 0.1) is 0 Å². The molecule has 0 aliphatic rings. The predicted octanol–water partition coefficient (Wildman–Crippen LogP) is 2.84. The Kier molecular flexibility index (Phi) is 6.22. The van der Waals surface area contributed by atoms with Crippen LogP contribution in [0.5, 0.6) is 0 Å². The summed E-state index contributed by atoms with van der Waals surface area (Å²) in [7, 11) is 0. The van der Waals surface area contributed by atoms with Crippen LogP contribution in [0.1, 0.15) is 36.3 Å². The minimum atomic E-state index is -4.97. The molecule has 6 nitrogen and oxygen atoms in total. The van der Waals surface area contributed by atoms with Crippen molar-refractivity contribution in [3.05, 3.63) is 40.9 Å². The smallest absolute Gasteiger partial charge is 0.380 e. The maximum Gasteiger partial charge on any atom is 0.417 e. The summed E-state index contributed by atoms with van der Waals surface area (Å²) < 4.78 is 37.6. The average molecular weight is 401 g/mol. The van der Waals surface area contributed by atoms with Gasteiger partial charge in [-0.2, -0.15) is 13.2 Å². The number of hydrogen-bond acceptors (Lipinski definition) is 5. The second kappa shape index (κ2) is 8.05. The molecule has 1 aromatic heterocycles. The monoisotopic (exact) mass is 401 g/mol. The number of carbonyl (C=O) groups excluding carboxylic acids is 2. The fourth-order valence-electron chi connectivity index (χ4n) is 2.04. The van der Waals surface area contributed by atoms with E-state index < -0.39 is 30.0 Å². The van der Waals surface area contributed by atoms with Crippen molar-refractivity contribution in [2.24, 2.45) is 0 Å². The van der Waals surface area contributed by atoms with Gasteiger partial charge in [0.25, 0.3) is 5.91 Å². The number of aliphatic hydroxyl groups is 1. The molecule has 3 N–H and O–H groups in total. The van der Waals surface area contributed by atoms with E-state index in [1.165, 1.54) is 16.7 Å². The first-order valence-electron chi connectivity index (χ1n) is 7.96. The zero-order valence-corrected chi connectivity index (χ0v) is 15.4. The van der Waals surface area contributed by atoms with Gasteiger partial charge in [-0.05, 0) is 18.9 Å². The van der Waals surface area contributed by atoms with Crippen LogP contribution >= 0.6 is 11.3 Å². The van der Waals surface area contributed by atoms with Crippen LogP contribution in [0.4, 0.5) is 13.2 Å². The maximum atomic E-state index is 12.5.